The number of sulfonamides is 4. The molecule has 3 aromatic heterocycles. The van der Waals surface area contributed by atoms with Crippen LogP contribution in [0.4, 0.5) is 0 Å². The van der Waals surface area contributed by atoms with Gasteiger partial charge in [0.1, 0.15) is 29.6 Å². The van der Waals surface area contributed by atoms with Gasteiger partial charge in [-0.05, 0) is 70.2 Å². The number of ether oxygens (including phenoxy) is 4. The summed E-state index contributed by atoms with van der Waals surface area (Å²) >= 11 is 16.8. The van der Waals surface area contributed by atoms with E-state index >= 15 is 0 Å². The van der Waals surface area contributed by atoms with Crippen molar-refractivity contribution >= 4 is 90.6 Å². The van der Waals surface area contributed by atoms with Gasteiger partial charge in [-0.25, -0.2) is 53.6 Å². The molecule has 1 aromatic carbocycles. The number of benzene rings is 1. The third-order valence-electron chi connectivity index (χ3n) is 10.6. The van der Waals surface area contributed by atoms with E-state index in [1.807, 2.05) is 0 Å². The number of nitrogens with zero attached hydrogens (tertiary/aromatic N) is 8. The Kier molecular flexibility index (Phi) is 23.8. The SMILES string of the molecule is CC#CCOc1ccc(S(=O)(=O)N2CC(S)C2)cc1.CC#CCOc1ccc(S(=O)(=O)N2CC(S)C2)cn1.CC#CCOc1ccc(S(=O)(=O)N2CC(S)C2)nc1.CC#CCOc1cnc(S(=O)(=O)N2CC(S)C2)cn1. The Morgan fingerprint density at radius 3 is 1.17 bits per heavy atom. The zero-order valence-electron chi connectivity index (χ0n) is 41.6. The molecule has 76 heavy (non-hydrogen) atoms. The molecular formula is C48H56N8O12S8. The first-order valence-corrected chi connectivity index (χ1v) is 30.6. The van der Waals surface area contributed by atoms with E-state index in [1.54, 1.807) is 58.0 Å². The van der Waals surface area contributed by atoms with Crippen LogP contribution >= 0.6 is 50.5 Å². The molecular weight excluding hydrogens is 1140 g/mol. The lowest BCUT2D eigenvalue weighted by Gasteiger charge is -2.35. The Morgan fingerprint density at radius 2 is 0.776 bits per heavy atom. The summed E-state index contributed by atoms with van der Waals surface area (Å²) in [5.74, 6) is 23.5. The molecule has 408 valence electrons. The fourth-order valence-electron chi connectivity index (χ4n) is 6.19. The predicted molar refractivity (Wildman–Crippen MR) is 299 cm³/mol. The van der Waals surface area contributed by atoms with E-state index in [9.17, 15) is 33.7 Å². The van der Waals surface area contributed by atoms with Gasteiger partial charge in [0, 0.05) is 79.4 Å². The Morgan fingerprint density at radius 1 is 0.408 bits per heavy atom. The minimum absolute atomic E-state index is 0.0293. The largest absolute Gasteiger partial charge is 0.481 e. The van der Waals surface area contributed by atoms with Crippen LogP contribution in [0, 0.1) is 47.4 Å². The van der Waals surface area contributed by atoms with Gasteiger partial charge in [-0.1, -0.05) is 23.7 Å². The van der Waals surface area contributed by atoms with Crippen LogP contribution in [-0.2, 0) is 40.1 Å². The van der Waals surface area contributed by atoms with Gasteiger partial charge >= 0.3 is 0 Å². The Labute approximate surface area is 468 Å². The monoisotopic (exact) mass is 1190 g/mol. The minimum Gasteiger partial charge on any atom is -0.481 e. The first kappa shape index (κ1) is 61.9. The van der Waals surface area contributed by atoms with Crippen LogP contribution in [0.2, 0.25) is 0 Å². The lowest BCUT2D eigenvalue weighted by Crippen LogP contribution is -2.51. The average molecular weight is 1190 g/mol. The first-order valence-electron chi connectivity index (χ1n) is 22.8. The molecule has 0 aliphatic carbocycles. The molecule has 4 aromatic rings. The summed E-state index contributed by atoms with van der Waals surface area (Å²) in [5.41, 5.74) is 0. The Hall–Kier alpha value is -4.92. The number of thiol groups is 4. The van der Waals surface area contributed by atoms with Crippen molar-refractivity contribution in [2.75, 3.05) is 78.8 Å². The zero-order valence-corrected chi connectivity index (χ0v) is 48.5. The molecule has 4 fully saturated rings. The molecule has 4 aliphatic heterocycles. The number of hydrogen-bond donors (Lipinski definition) is 4. The van der Waals surface area contributed by atoms with E-state index in [0.717, 1.165) is 0 Å². The molecule has 0 unspecified atom stereocenters. The first-order chi connectivity index (χ1) is 36.1. The van der Waals surface area contributed by atoms with Crippen LogP contribution in [-0.4, -0.2) is 171 Å². The van der Waals surface area contributed by atoms with Crippen molar-refractivity contribution in [2.45, 2.75) is 68.5 Å². The molecule has 4 aliphatic rings. The molecule has 0 atom stereocenters. The highest BCUT2D eigenvalue weighted by atomic mass is 32.2. The van der Waals surface area contributed by atoms with Crippen molar-refractivity contribution in [3.8, 4) is 70.6 Å². The predicted octanol–water partition coefficient (Wildman–Crippen LogP) is 3.15. The van der Waals surface area contributed by atoms with Gasteiger partial charge in [-0.2, -0.15) is 67.7 Å². The smallest absolute Gasteiger partial charge is 0.262 e. The van der Waals surface area contributed by atoms with Crippen LogP contribution in [0.15, 0.2) is 93.2 Å². The molecule has 20 nitrogen and oxygen atoms in total. The molecule has 0 saturated carbocycles. The molecule has 0 bridgehead atoms. The maximum absolute atomic E-state index is 12.2. The summed E-state index contributed by atoms with van der Waals surface area (Å²) in [4.78, 5) is 16.1. The van der Waals surface area contributed by atoms with Crippen molar-refractivity contribution in [1.29, 1.82) is 0 Å². The fourth-order valence-corrected chi connectivity index (χ4v) is 14.5. The molecule has 0 N–H and O–H groups in total. The Bertz CT molecular complexity index is 2830. The van der Waals surface area contributed by atoms with Crippen molar-refractivity contribution in [3.05, 3.63) is 73.3 Å². The number of rotatable bonds is 16. The second-order valence-corrected chi connectivity index (χ2v) is 26.7. The van der Waals surface area contributed by atoms with Gasteiger partial charge < -0.3 is 18.9 Å². The quantitative estimate of drug-likeness (QED) is 0.0932. The topological polar surface area (TPSA) is 238 Å². The lowest BCUT2D eigenvalue weighted by molar-refractivity contribution is 0.319. The molecule has 4 saturated heterocycles. The summed E-state index contributed by atoms with van der Waals surface area (Å²) in [6.07, 6.45) is 5.16. The third-order valence-corrected chi connectivity index (χ3v) is 19.0. The van der Waals surface area contributed by atoms with E-state index in [-0.39, 0.29) is 66.5 Å². The van der Waals surface area contributed by atoms with Gasteiger partial charge in [0.05, 0.1) is 29.7 Å². The van der Waals surface area contributed by atoms with E-state index in [4.69, 9.17) is 18.9 Å². The highest BCUT2D eigenvalue weighted by Crippen LogP contribution is 2.28. The van der Waals surface area contributed by atoms with Gasteiger partial charge in [-0.3, -0.25) is 0 Å². The van der Waals surface area contributed by atoms with Crippen LogP contribution in [0.1, 0.15) is 27.7 Å². The maximum atomic E-state index is 12.2. The molecule has 0 spiro atoms. The van der Waals surface area contributed by atoms with E-state index in [1.165, 1.54) is 60.2 Å². The third kappa shape index (κ3) is 17.5. The van der Waals surface area contributed by atoms with Crippen molar-refractivity contribution in [3.63, 3.8) is 0 Å². The van der Waals surface area contributed by atoms with Gasteiger partial charge in [0.2, 0.25) is 31.8 Å². The van der Waals surface area contributed by atoms with Crippen LogP contribution in [0.25, 0.3) is 0 Å². The van der Waals surface area contributed by atoms with Crippen molar-refractivity contribution in [1.82, 2.24) is 37.2 Å². The Balaban J connectivity index is 0.000000187. The second kappa shape index (κ2) is 29.2. The standard InChI is InChI=1S/C13H15NO3S2.2C12H14N2O3S2.C11H13N3O3S2/c1-2-3-8-17-11-4-6-13(7-5-11)19(15,16)14-9-12(18)10-14;1-2-3-6-17-12-5-4-11(7-13-12)19(15,16)14-8-10(18)9-14;1-2-3-6-17-10-4-5-12(13-7-10)19(15,16)14-8-11(18)9-14;1-2-3-4-17-10-5-13-11(6-12-10)19(15,16)14-7-9(18)8-14/h4-7,12,18H,8-10H2,1H3;4-5,7,10,18H,6,8-9H2,1H3;4-5,7,11,18H,6,8-9H2,1H3;5-6,9,18H,4,7-8H2,1H3. The maximum Gasteiger partial charge on any atom is 0.262 e. The lowest BCUT2D eigenvalue weighted by atomic mass is 10.3. The number of aromatic nitrogens is 4. The van der Waals surface area contributed by atoms with Crippen LogP contribution in [0.5, 0.6) is 23.3 Å². The molecule has 8 rings (SSSR count). The summed E-state index contributed by atoms with van der Waals surface area (Å²) in [7, 11) is -13.9. The van der Waals surface area contributed by atoms with E-state index in [2.05, 4.69) is 118 Å². The van der Waals surface area contributed by atoms with Crippen molar-refractivity contribution in [2.24, 2.45) is 0 Å². The fraction of sp³-hybridized carbons (Fsp3) is 0.417. The summed E-state index contributed by atoms with van der Waals surface area (Å²) < 4.78 is 123. The van der Waals surface area contributed by atoms with Gasteiger partial charge in [-0.15, -0.1) is 23.7 Å². The summed E-state index contributed by atoms with van der Waals surface area (Å²) in [6.45, 7) is 11.4. The van der Waals surface area contributed by atoms with Gasteiger partial charge in [0.15, 0.2) is 23.3 Å². The summed E-state index contributed by atoms with van der Waals surface area (Å²) in [5, 5.41) is 0.425. The minimum atomic E-state index is -3.55. The zero-order chi connectivity index (χ0) is 55.5. The average Bonchev–Trinajstić information content (AvgIpc) is 3.36. The van der Waals surface area contributed by atoms with Gasteiger partial charge in [0.25, 0.3) is 20.0 Å². The number of hydrogen-bond acceptors (Lipinski definition) is 20. The highest BCUT2D eigenvalue weighted by Gasteiger charge is 2.38. The molecule has 7 heterocycles. The van der Waals surface area contributed by atoms with E-state index in [0.29, 0.717) is 76.3 Å². The van der Waals surface area contributed by atoms with Crippen LogP contribution < -0.4 is 18.9 Å². The second-order valence-electron chi connectivity index (χ2n) is 16.1. The molecule has 0 radical (unpaired) electrons. The normalized spacial score (nSPS) is 16.3. The highest BCUT2D eigenvalue weighted by molar-refractivity contribution is 7.90. The molecule has 0 amide bonds. The van der Waals surface area contributed by atoms with Crippen molar-refractivity contribution < 1.29 is 52.6 Å². The van der Waals surface area contributed by atoms with Crippen LogP contribution in [0.3, 0.4) is 0 Å². The molecule has 28 heteroatoms. The van der Waals surface area contributed by atoms with E-state index < -0.39 is 40.1 Å². The summed E-state index contributed by atoms with van der Waals surface area (Å²) in [6, 6.07) is 12.4. The number of pyridine rings is 2.